The Morgan fingerprint density at radius 3 is 2.80 bits per heavy atom. The van der Waals surface area contributed by atoms with Crippen LogP contribution < -0.4 is 0 Å². The van der Waals surface area contributed by atoms with E-state index in [1.54, 1.807) is 4.90 Å². The van der Waals surface area contributed by atoms with Crippen LogP contribution in [-0.2, 0) is 19.1 Å². The molecule has 2 heterocycles. The molecule has 0 spiro atoms. The molecule has 1 aromatic rings. The summed E-state index contributed by atoms with van der Waals surface area (Å²) >= 11 is 0. The smallest absolute Gasteiger partial charge is 0.313 e. The van der Waals surface area contributed by atoms with Gasteiger partial charge in [-0.1, -0.05) is 30.3 Å². The maximum Gasteiger partial charge on any atom is 0.313 e. The van der Waals surface area contributed by atoms with Gasteiger partial charge in [-0.15, -0.1) is 0 Å². The number of rotatable bonds is 2. The summed E-state index contributed by atoms with van der Waals surface area (Å²) in [6.45, 7) is 0.425. The van der Waals surface area contributed by atoms with Gasteiger partial charge in [0.1, 0.15) is 12.1 Å². The summed E-state index contributed by atoms with van der Waals surface area (Å²) in [5.74, 6) is -0.644. The highest BCUT2D eigenvalue weighted by atomic mass is 16.5. The number of amides is 1. The number of ether oxygens (including phenoxy) is 2. The second-order valence-corrected chi connectivity index (χ2v) is 5.12. The Bertz CT molecular complexity index is 516. The largest absolute Gasteiger partial charge is 0.469 e. The quantitative estimate of drug-likeness (QED) is 0.767. The van der Waals surface area contributed by atoms with Gasteiger partial charge in [0.2, 0.25) is 5.91 Å². The van der Waals surface area contributed by atoms with Crippen LogP contribution in [0.2, 0.25) is 0 Å². The highest BCUT2D eigenvalue weighted by Gasteiger charge is 2.48. The molecule has 0 saturated carbocycles. The van der Waals surface area contributed by atoms with Gasteiger partial charge < -0.3 is 14.4 Å². The van der Waals surface area contributed by atoms with Crippen molar-refractivity contribution in [2.45, 2.75) is 25.1 Å². The minimum atomic E-state index is -0.492. The summed E-state index contributed by atoms with van der Waals surface area (Å²) in [5, 5.41) is 0. The van der Waals surface area contributed by atoms with Crippen LogP contribution in [-0.4, -0.2) is 36.7 Å². The molecule has 5 heteroatoms. The monoisotopic (exact) mass is 275 g/mol. The summed E-state index contributed by atoms with van der Waals surface area (Å²) in [4.78, 5) is 25.7. The predicted octanol–water partition coefficient (Wildman–Crippen LogP) is 1.50. The van der Waals surface area contributed by atoms with Crippen LogP contribution in [0.1, 0.15) is 24.4 Å². The molecular weight excluding hydrogens is 258 g/mol. The lowest BCUT2D eigenvalue weighted by atomic mass is 9.94. The van der Waals surface area contributed by atoms with Crippen molar-refractivity contribution in [3.63, 3.8) is 0 Å². The molecule has 1 aromatic carbocycles. The molecule has 0 bridgehead atoms. The summed E-state index contributed by atoms with van der Waals surface area (Å²) in [6.07, 6.45) is 0.367. The summed E-state index contributed by atoms with van der Waals surface area (Å²) < 4.78 is 10.6. The van der Waals surface area contributed by atoms with Gasteiger partial charge in [0, 0.05) is 6.42 Å². The Hall–Kier alpha value is -1.88. The van der Waals surface area contributed by atoms with Gasteiger partial charge in [-0.2, -0.15) is 0 Å². The van der Waals surface area contributed by atoms with Gasteiger partial charge in [-0.25, -0.2) is 0 Å². The number of hydrogen-bond acceptors (Lipinski definition) is 4. The maximum absolute atomic E-state index is 12.2. The number of nitrogens with zero attached hydrogens (tertiary/aromatic N) is 1. The van der Waals surface area contributed by atoms with Crippen molar-refractivity contribution >= 4 is 11.9 Å². The van der Waals surface area contributed by atoms with Gasteiger partial charge in [-0.3, -0.25) is 9.59 Å². The lowest BCUT2D eigenvalue weighted by Crippen LogP contribution is -2.48. The van der Waals surface area contributed by atoms with Crippen molar-refractivity contribution in [2.24, 2.45) is 5.92 Å². The molecule has 3 atom stereocenters. The Balaban J connectivity index is 1.88. The zero-order valence-electron chi connectivity index (χ0n) is 11.3. The van der Waals surface area contributed by atoms with Crippen molar-refractivity contribution in [1.29, 1.82) is 0 Å². The first-order chi connectivity index (χ1) is 9.72. The minimum Gasteiger partial charge on any atom is -0.469 e. The lowest BCUT2D eigenvalue weighted by molar-refractivity contribution is -0.163. The van der Waals surface area contributed by atoms with Crippen LogP contribution in [0.3, 0.4) is 0 Å². The number of benzene rings is 1. The normalized spacial score (nSPS) is 29.1. The Morgan fingerprint density at radius 1 is 1.35 bits per heavy atom. The molecule has 1 amide bonds. The predicted molar refractivity (Wildman–Crippen MR) is 70.5 cm³/mol. The van der Waals surface area contributed by atoms with Gasteiger partial charge in [-0.05, 0) is 12.0 Å². The number of methoxy groups -OCH3 is 1. The molecule has 0 radical (unpaired) electrons. The summed E-state index contributed by atoms with van der Waals surface area (Å²) in [5.41, 5.74) is 1.04. The fourth-order valence-electron chi connectivity index (χ4n) is 3.02. The zero-order valence-corrected chi connectivity index (χ0v) is 11.3. The summed E-state index contributed by atoms with van der Waals surface area (Å²) in [7, 11) is 1.37. The van der Waals surface area contributed by atoms with E-state index >= 15 is 0 Å². The van der Waals surface area contributed by atoms with E-state index in [4.69, 9.17) is 9.47 Å². The number of fused-ring (bicyclic) bond motifs is 1. The topological polar surface area (TPSA) is 55.8 Å². The number of piperidine rings is 1. The van der Waals surface area contributed by atoms with Crippen LogP contribution in [0.4, 0.5) is 0 Å². The third-order valence-electron chi connectivity index (χ3n) is 4.02. The standard InChI is InChI=1S/C15H17NO4/c1-19-15(18)11-7-8-13(17)16-12(9-20-14(11)16)10-5-3-2-4-6-10/h2-6,11-12,14H,7-9H2,1H3/t11-,12+,14+/m0/s1. The van der Waals surface area contributed by atoms with E-state index in [-0.39, 0.29) is 23.8 Å². The van der Waals surface area contributed by atoms with E-state index in [0.717, 1.165) is 5.56 Å². The maximum atomic E-state index is 12.2. The van der Waals surface area contributed by atoms with Crippen LogP contribution in [0.5, 0.6) is 0 Å². The highest BCUT2D eigenvalue weighted by Crippen LogP contribution is 2.39. The first-order valence-electron chi connectivity index (χ1n) is 6.78. The second-order valence-electron chi connectivity index (χ2n) is 5.12. The first kappa shape index (κ1) is 13.1. The third kappa shape index (κ3) is 2.08. The van der Waals surface area contributed by atoms with Crippen LogP contribution >= 0.6 is 0 Å². The molecule has 0 unspecified atom stereocenters. The molecule has 2 aliphatic rings. The van der Waals surface area contributed by atoms with Crippen molar-refractivity contribution in [3.8, 4) is 0 Å². The van der Waals surface area contributed by atoms with E-state index in [1.165, 1.54) is 7.11 Å². The molecule has 3 rings (SSSR count). The molecule has 106 valence electrons. The molecule has 2 saturated heterocycles. The average Bonchev–Trinajstić information content (AvgIpc) is 2.93. The molecule has 20 heavy (non-hydrogen) atoms. The molecule has 0 N–H and O–H groups in total. The highest BCUT2D eigenvalue weighted by molar-refractivity contribution is 5.82. The van der Waals surface area contributed by atoms with Crippen molar-refractivity contribution in [3.05, 3.63) is 35.9 Å². The Kier molecular flexibility index (Phi) is 3.44. The molecule has 2 fully saturated rings. The molecule has 5 nitrogen and oxygen atoms in total. The third-order valence-corrected chi connectivity index (χ3v) is 4.02. The number of carbonyl (C=O) groups excluding carboxylic acids is 2. The molecule has 0 aliphatic carbocycles. The Morgan fingerprint density at radius 2 is 2.10 bits per heavy atom. The van der Waals surface area contributed by atoms with Gasteiger partial charge >= 0.3 is 5.97 Å². The van der Waals surface area contributed by atoms with Gasteiger partial charge in [0.05, 0.1) is 19.8 Å². The fraction of sp³-hybridized carbons (Fsp3) is 0.467. The number of esters is 1. The van der Waals surface area contributed by atoms with E-state index in [9.17, 15) is 9.59 Å². The van der Waals surface area contributed by atoms with Crippen LogP contribution in [0, 0.1) is 5.92 Å². The van der Waals surface area contributed by atoms with Crippen molar-refractivity contribution < 1.29 is 19.1 Å². The van der Waals surface area contributed by atoms with E-state index in [0.29, 0.717) is 19.4 Å². The van der Waals surface area contributed by atoms with Crippen LogP contribution in [0.25, 0.3) is 0 Å². The van der Waals surface area contributed by atoms with Gasteiger partial charge in [0.15, 0.2) is 0 Å². The molecule has 2 aliphatic heterocycles. The molecular formula is C15H17NO4. The minimum absolute atomic E-state index is 0.0431. The van der Waals surface area contributed by atoms with Crippen LogP contribution in [0.15, 0.2) is 30.3 Å². The van der Waals surface area contributed by atoms with E-state index < -0.39 is 6.23 Å². The second kappa shape index (κ2) is 5.25. The van der Waals surface area contributed by atoms with Crippen molar-refractivity contribution in [2.75, 3.05) is 13.7 Å². The SMILES string of the molecule is COC(=O)[C@H]1CCC(=O)N2[C@@H](c3ccccc3)CO[C@H]12. The number of carbonyl (C=O) groups is 2. The lowest BCUT2D eigenvalue weighted by Gasteiger charge is -2.36. The number of hydrogen-bond donors (Lipinski definition) is 0. The van der Waals surface area contributed by atoms with E-state index in [1.807, 2.05) is 30.3 Å². The molecule has 0 aromatic heterocycles. The average molecular weight is 275 g/mol. The van der Waals surface area contributed by atoms with Gasteiger partial charge in [0.25, 0.3) is 0 Å². The van der Waals surface area contributed by atoms with Crippen molar-refractivity contribution in [1.82, 2.24) is 4.90 Å². The zero-order chi connectivity index (χ0) is 14.1. The summed E-state index contributed by atoms with van der Waals surface area (Å²) in [6, 6.07) is 9.66. The first-order valence-corrected chi connectivity index (χ1v) is 6.78. The fourth-order valence-corrected chi connectivity index (χ4v) is 3.02. The van der Waals surface area contributed by atoms with E-state index in [2.05, 4.69) is 0 Å². The Labute approximate surface area is 117 Å².